The van der Waals surface area contributed by atoms with Gasteiger partial charge in [0.2, 0.25) is 10.0 Å². The smallest absolute Gasteiger partial charge is 0.317 e. The Labute approximate surface area is 115 Å². The minimum atomic E-state index is -3.15. The summed E-state index contributed by atoms with van der Waals surface area (Å²) in [6.07, 6.45) is 4.18. The van der Waals surface area contributed by atoms with Gasteiger partial charge in [-0.1, -0.05) is 6.92 Å². The molecule has 2 aliphatic rings. The summed E-state index contributed by atoms with van der Waals surface area (Å²) in [5, 5.41) is 2.96. The average Bonchev–Trinajstić information content (AvgIpc) is 3.13. The molecule has 0 spiro atoms. The van der Waals surface area contributed by atoms with Gasteiger partial charge in [0, 0.05) is 25.2 Å². The summed E-state index contributed by atoms with van der Waals surface area (Å²) in [5.41, 5.74) is 0. The standard InChI is InChI=1S/C12H23N3O3S/c1-2-9-19(17,18)14-11-5-7-15(8-6-11)12(16)13-10-3-4-10/h10-11,14H,2-9H2,1H3,(H,13,16). The van der Waals surface area contributed by atoms with E-state index in [-0.39, 0.29) is 17.8 Å². The number of piperidine rings is 1. The predicted molar refractivity (Wildman–Crippen MR) is 73.4 cm³/mol. The lowest BCUT2D eigenvalue weighted by Gasteiger charge is -2.32. The maximum absolute atomic E-state index is 11.8. The molecule has 110 valence electrons. The molecule has 2 fully saturated rings. The van der Waals surface area contributed by atoms with E-state index in [4.69, 9.17) is 0 Å². The zero-order chi connectivity index (χ0) is 13.9. The summed E-state index contributed by atoms with van der Waals surface area (Å²) in [6.45, 7) is 3.10. The minimum absolute atomic E-state index is 0.00244. The van der Waals surface area contributed by atoms with Crippen molar-refractivity contribution in [1.82, 2.24) is 14.9 Å². The van der Waals surface area contributed by atoms with E-state index in [2.05, 4.69) is 10.0 Å². The molecule has 1 aliphatic heterocycles. The van der Waals surface area contributed by atoms with Gasteiger partial charge in [0.25, 0.3) is 0 Å². The molecule has 0 aromatic carbocycles. The molecule has 0 aromatic rings. The first-order valence-electron chi connectivity index (χ1n) is 7.05. The maximum Gasteiger partial charge on any atom is 0.317 e. The number of hydrogen-bond acceptors (Lipinski definition) is 3. The molecule has 6 nitrogen and oxygen atoms in total. The molecule has 0 bridgehead atoms. The Kier molecular flexibility index (Phi) is 4.67. The van der Waals surface area contributed by atoms with E-state index in [0.29, 0.717) is 38.4 Å². The molecule has 2 rings (SSSR count). The van der Waals surface area contributed by atoms with Gasteiger partial charge >= 0.3 is 6.03 Å². The fourth-order valence-corrected chi connectivity index (χ4v) is 3.67. The third-order valence-electron chi connectivity index (χ3n) is 3.51. The molecule has 2 amide bonds. The highest BCUT2D eigenvalue weighted by Gasteiger charge is 2.29. The van der Waals surface area contributed by atoms with E-state index in [0.717, 1.165) is 12.8 Å². The molecule has 2 N–H and O–H groups in total. The van der Waals surface area contributed by atoms with Crippen LogP contribution in [0, 0.1) is 0 Å². The van der Waals surface area contributed by atoms with Crippen molar-refractivity contribution in [3.8, 4) is 0 Å². The second-order valence-electron chi connectivity index (χ2n) is 5.42. The van der Waals surface area contributed by atoms with E-state index < -0.39 is 10.0 Å². The van der Waals surface area contributed by atoms with Gasteiger partial charge in [0.1, 0.15) is 0 Å². The molecular formula is C12H23N3O3S. The van der Waals surface area contributed by atoms with Crippen LogP contribution in [0.1, 0.15) is 39.0 Å². The van der Waals surface area contributed by atoms with Crippen molar-refractivity contribution in [3.63, 3.8) is 0 Å². The maximum atomic E-state index is 11.8. The van der Waals surface area contributed by atoms with Gasteiger partial charge in [-0.05, 0) is 32.1 Å². The van der Waals surface area contributed by atoms with Crippen LogP contribution in [0.15, 0.2) is 0 Å². The molecule has 0 unspecified atom stereocenters. The normalized spacial score (nSPS) is 21.4. The van der Waals surface area contributed by atoms with Crippen LogP contribution in [0.25, 0.3) is 0 Å². The first-order valence-corrected chi connectivity index (χ1v) is 8.71. The van der Waals surface area contributed by atoms with Crippen molar-refractivity contribution in [2.75, 3.05) is 18.8 Å². The number of urea groups is 1. The topological polar surface area (TPSA) is 78.5 Å². The van der Waals surface area contributed by atoms with Crippen molar-refractivity contribution >= 4 is 16.1 Å². The summed E-state index contributed by atoms with van der Waals surface area (Å²) in [5.74, 6) is 0.176. The zero-order valence-electron chi connectivity index (χ0n) is 11.4. The van der Waals surface area contributed by atoms with E-state index in [1.165, 1.54) is 0 Å². The second-order valence-corrected chi connectivity index (χ2v) is 7.30. The number of likely N-dealkylation sites (tertiary alicyclic amines) is 1. The highest BCUT2D eigenvalue weighted by Crippen LogP contribution is 2.20. The fourth-order valence-electron chi connectivity index (χ4n) is 2.28. The summed E-state index contributed by atoms with van der Waals surface area (Å²) in [6, 6.07) is 0.340. The van der Waals surface area contributed by atoms with Crippen LogP contribution in [0.3, 0.4) is 0 Å². The zero-order valence-corrected chi connectivity index (χ0v) is 12.2. The average molecular weight is 289 g/mol. The lowest BCUT2D eigenvalue weighted by molar-refractivity contribution is 0.179. The fraction of sp³-hybridized carbons (Fsp3) is 0.917. The summed E-state index contributed by atoms with van der Waals surface area (Å²) in [4.78, 5) is 13.6. The van der Waals surface area contributed by atoms with Crippen LogP contribution in [-0.4, -0.2) is 50.3 Å². The van der Waals surface area contributed by atoms with E-state index in [1.807, 2.05) is 6.92 Å². The third-order valence-corrected chi connectivity index (χ3v) is 5.14. The van der Waals surface area contributed by atoms with Gasteiger partial charge in [0.05, 0.1) is 5.75 Å². The predicted octanol–water partition coefficient (Wildman–Crippen LogP) is 0.652. The van der Waals surface area contributed by atoms with Crippen molar-refractivity contribution in [2.24, 2.45) is 0 Å². The highest BCUT2D eigenvalue weighted by atomic mass is 32.2. The molecule has 7 heteroatoms. The summed E-state index contributed by atoms with van der Waals surface area (Å²) < 4.78 is 26.1. The first kappa shape index (κ1) is 14.6. The van der Waals surface area contributed by atoms with E-state index in [9.17, 15) is 13.2 Å². The Morgan fingerprint density at radius 2 is 1.79 bits per heavy atom. The molecule has 0 radical (unpaired) electrons. The molecule has 19 heavy (non-hydrogen) atoms. The van der Waals surface area contributed by atoms with E-state index >= 15 is 0 Å². The largest absolute Gasteiger partial charge is 0.335 e. The number of nitrogens with zero attached hydrogens (tertiary/aromatic N) is 1. The van der Waals surface area contributed by atoms with Crippen LogP contribution < -0.4 is 10.0 Å². The number of rotatable bonds is 5. The van der Waals surface area contributed by atoms with Gasteiger partial charge in [-0.3, -0.25) is 0 Å². The lowest BCUT2D eigenvalue weighted by Crippen LogP contribution is -2.50. The van der Waals surface area contributed by atoms with Crippen LogP contribution in [0.4, 0.5) is 4.79 Å². The van der Waals surface area contributed by atoms with Crippen LogP contribution >= 0.6 is 0 Å². The van der Waals surface area contributed by atoms with Gasteiger partial charge in [-0.15, -0.1) is 0 Å². The van der Waals surface area contributed by atoms with Crippen LogP contribution in [0.5, 0.6) is 0 Å². The van der Waals surface area contributed by atoms with Crippen molar-refractivity contribution < 1.29 is 13.2 Å². The summed E-state index contributed by atoms with van der Waals surface area (Å²) >= 11 is 0. The molecule has 1 saturated carbocycles. The number of sulfonamides is 1. The number of hydrogen-bond donors (Lipinski definition) is 2. The molecule has 1 aliphatic carbocycles. The number of amides is 2. The Hall–Kier alpha value is -0.820. The molecular weight excluding hydrogens is 266 g/mol. The molecule has 1 saturated heterocycles. The minimum Gasteiger partial charge on any atom is -0.335 e. The monoisotopic (exact) mass is 289 g/mol. The first-order chi connectivity index (χ1) is 9.00. The van der Waals surface area contributed by atoms with Crippen molar-refractivity contribution in [3.05, 3.63) is 0 Å². The van der Waals surface area contributed by atoms with Gasteiger partial charge in [-0.25, -0.2) is 17.9 Å². The van der Waals surface area contributed by atoms with Crippen LogP contribution in [-0.2, 0) is 10.0 Å². The Balaban J connectivity index is 1.74. The Bertz CT molecular complexity index is 412. The third kappa shape index (κ3) is 4.65. The van der Waals surface area contributed by atoms with E-state index in [1.54, 1.807) is 4.90 Å². The SMILES string of the molecule is CCCS(=O)(=O)NC1CCN(C(=O)NC2CC2)CC1. The lowest BCUT2D eigenvalue weighted by atomic mass is 10.1. The van der Waals surface area contributed by atoms with Gasteiger partial charge in [0.15, 0.2) is 0 Å². The molecule has 0 aromatic heterocycles. The van der Waals surface area contributed by atoms with Gasteiger partial charge in [-0.2, -0.15) is 0 Å². The number of carbonyl (C=O) groups is 1. The van der Waals surface area contributed by atoms with Crippen molar-refractivity contribution in [1.29, 1.82) is 0 Å². The molecule has 0 atom stereocenters. The van der Waals surface area contributed by atoms with Crippen LogP contribution in [0.2, 0.25) is 0 Å². The molecule has 1 heterocycles. The number of nitrogens with one attached hydrogen (secondary N) is 2. The summed E-state index contributed by atoms with van der Waals surface area (Å²) in [7, 11) is -3.15. The van der Waals surface area contributed by atoms with Crippen molar-refractivity contribution in [2.45, 2.75) is 51.1 Å². The second kappa shape index (κ2) is 6.09. The Morgan fingerprint density at radius 1 is 1.16 bits per heavy atom. The van der Waals surface area contributed by atoms with Gasteiger partial charge < -0.3 is 10.2 Å². The highest BCUT2D eigenvalue weighted by molar-refractivity contribution is 7.89. The Morgan fingerprint density at radius 3 is 2.32 bits per heavy atom. The quantitative estimate of drug-likeness (QED) is 0.780. The number of carbonyl (C=O) groups excluding carboxylic acids is 1.